The minimum Gasteiger partial charge on any atom is -0.312 e. The molecule has 1 saturated carbocycles. The fourth-order valence-electron chi connectivity index (χ4n) is 3.31. The number of hydrogen-bond acceptors (Lipinski definition) is 3. The standard InChI is InChI=1S/C19H19FN2O3S/c20-16-3-1-2-13(10-16)12-26(24,25)21-17-6-7-18-15(11-17)8-9-22(18)19(23)14-4-5-14/h1-3,6-7,10-11,14,21H,4-5,8-9,12H2. The Labute approximate surface area is 151 Å². The molecule has 4 rings (SSSR count). The lowest BCUT2D eigenvalue weighted by Gasteiger charge is -2.17. The molecule has 0 aromatic heterocycles. The summed E-state index contributed by atoms with van der Waals surface area (Å²) < 4.78 is 40.5. The third kappa shape index (κ3) is 3.58. The molecule has 0 spiro atoms. The van der Waals surface area contributed by atoms with Gasteiger partial charge in [0.1, 0.15) is 5.82 Å². The van der Waals surface area contributed by atoms with Crippen molar-refractivity contribution in [3.8, 4) is 0 Å². The van der Waals surface area contributed by atoms with E-state index < -0.39 is 15.8 Å². The zero-order chi connectivity index (χ0) is 18.3. The molecule has 2 aromatic rings. The van der Waals surface area contributed by atoms with Gasteiger partial charge in [-0.3, -0.25) is 9.52 Å². The maximum atomic E-state index is 13.2. The molecule has 1 heterocycles. The number of anilines is 2. The third-order valence-corrected chi connectivity index (χ3v) is 5.95. The van der Waals surface area contributed by atoms with Gasteiger partial charge in [-0.15, -0.1) is 0 Å². The number of carbonyl (C=O) groups excluding carboxylic acids is 1. The molecule has 26 heavy (non-hydrogen) atoms. The van der Waals surface area contributed by atoms with E-state index in [-0.39, 0.29) is 17.6 Å². The third-order valence-electron chi connectivity index (χ3n) is 4.69. The van der Waals surface area contributed by atoms with E-state index in [9.17, 15) is 17.6 Å². The van der Waals surface area contributed by atoms with Crippen LogP contribution in [0.5, 0.6) is 0 Å². The second-order valence-electron chi connectivity index (χ2n) is 6.85. The van der Waals surface area contributed by atoms with Crippen LogP contribution in [0.15, 0.2) is 42.5 Å². The van der Waals surface area contributed by atoms with E-state index in [0.29, 0.717) is 24.2 Å². The minimum atomic E-state index is -3.65. The number of benzene rings is 2. The molecule has 2 aromatic carbocycles. The lowest BCUT2D eigenvalue weighted by Crippen LogP contribution is -2.30. The number of carbonyl (C=O) groups is 1. The molecule has 1 amide bonds. The molecular formula is C19H19FN2O3S. The largest absolute Gasteiger partial charge is 0.312 e. The predicted molar refractivity (Wildman–Crippen MR) is 97.9 cm³/mol. The van der Waals surface area contributed by atoms with Gasteiger partial charge in [0, 0.05) is 23.8 Å². The molecule has 0 bridgehead atoms. The van der Waals surface area contributed by atoms with Gasteiger partial charge in [-0.1, -0.05) is 12.1 Å². The van der Waals surface area contributed by atoms with Crippen LogP contribution >= 0.6 is 0 Å². The van der Waals surface area contributed by atoms with Gasteiger partial charge in [0.15, 0.2) is 0 Å². The normalized spacial score (nSPS) is 16.4. The predicted octanol–water partition coefficient (Wildman–Crippen LogP) is 3.07. The number of amides is 1. The van der Waals surface area contributed by atoms with Gasteiger partial charge in [-0.25, -0.2) is 12.8 Å². The van der Waals surface area contributed by atoms with Crippen LogP contribution in [0.4, 0.5) is 15.8 Å². The van der Waals surface area contributed by atoms with Crippen LogP contribution in [0.2, 0.25) is 0 Å². The van der Waals surface area contributed by atoms with Crippen molar-refractivity contribution >= 4 is 27.3 Å². The summed E-state index contributed by atoms with van der Waals surface area (Å²) in [6, 6.07) is 10.8. The number of halogens is 1. The van der Waals surface area contributed by atoms with E-state index in [2.05, 4.69) is 4.72 Å². The fraction of sp³-hybridized carbons (Fsp3) is 0.316. The van der Waals surface area contributed by atoms with Crippen LogP contribution < -0.4 is 9.62 Å². The van der Waals surface area contributed by atoms with Crippen LogP contribution in [0.25, 0.3) is 0 Å². The Balaban J connectivity index is 1.49. The van der Waals surface area contributed by atoms with E-state index in [0.717, 1.165) is 24.1 Å². The molecular weight excluding hydrogens is 355 g/mol. The summed E-state index contributed by atoms with van der Waals surface area (Å²) >= 11 is 0. The Morgan fingerprint density at radius 2 is 2.00 bits per heavy atom. The first kappa shape index (κ1) is 17.0. The lowest BCUT2D eigenvalue weighted by atomic mass is 10.1. The summed E-state index contributed by atoms with van der Waals surface area (Å²) in [6.45, 7) is 0.643. The van der Waals surface area contributed by atoms with Crippen LogP contribution in [-0.4, -0.2) is 20.9 Å². The summed E-state index contributed by atoms with van der Waals surface area (Å²) in [6.07, 6.45) is 2.64. The number of rotatable bonds is 5. The maximum absolute atomic E-state index is 13.2. The average Bonchev–Trinajstić information content (AvgIpc) is 3.33. The average molecular weight is 374 g/mol. The minimum absolute atomic E-state index is 0.158. The molecule has 5 nitrogen and oxygen atoms in total. The Bertz CT molecular complexity index is 970. The van der Waals surface area contributed by atoms with Crippen molar-refractivity contribution in [2.45, 2.75) is 25.0 Å². The maximum Gasteiger partial charge on any atom is 0.236 e. The monoisotopic (exact) mass is 374 g/mol. The van der Waals surface area contributed by atoms with Gasteiger partial charge < -0.3 is 4.90 Å². The highest BCUT2D eigenvalue weighted by atomic mass is 32.2. The van der Waals surface area contributed by atoms with E-state index in [1.807, 2.05) is 0 Å². The molecule has 0 unspecified atom stereocenters. The SMILES string of the molecule is O=C(C1CC1)N1CCc2cc(NS(=O)(=O)Cc3cccc(F)c3)ccc21. The zero-order valence-corrected chi connectivity index (χ0v) is 14.9. The molecule has 0 saturated heterocycles. The van der Waals surface area contributed by atoms with E-state index in [4.69, 9.17) is 0 Å². The summed E-state index contributed by atoms with van der Waals surface area (Å²) in [5.41, 5.74) is 2.68. The summed E-state index contributed by atoms with van der Waals surface area (Å²) in [4.78, 5) is 14.1. The Hall–Kier alpha value is -2.41. The molecule has 7 heteroatoms. The van der Waals surface area contributed by atoms with Crippen molar-refractivity contribution in [1.29, 1.82) is 0 Å². The molecule has 1 aliphatic heterocycles. The summed E-state index contributed by atoms with van der Waals surface area (Å²) in [5.74, 6) is -0.432. The zero-order valence-electron chi connectivity index (χ0n) is 14.1. The molecule has 0 atom stereocenters. The molecule has 1 fully saturated rings. The van der Waals surface area contributed by atoms with Gasteiger partial charge in [0.25, 0.3) is 0 Å². The molecule has 1 N–H and O–H groups in total. The van der Waals surface area contributed by atoms with Gasteiger partial charge in [-0.2, -0.15) is 0 Å². The number of hydrogen-bond donors (Lipinski definition) is 1. The first-order chi connectivity index (χ1) is 12.4. The van der Waals surface area contributed by atoms with Crippen molar-refractivity contribution in [3.05, 3.63) is 59.4 Å². The fourth-order valence-corrected chi connectivity index (χ4v) is 4.48. The quantitative estimate of drug-likeness (QED) is 0.875. The molecule has 2 aliphatic rings. The first-order valence-corrected chi connectivity index (χ1v) is 10.3. The van der Waals surface area contributed by atoms with Gasteiger partial charge in [0.2, 0.25) is 15.9 Å². The topological polar surface area (TPSA) is 66.5 Å². The summed E-state index contributed by atoms with van der Waals surface area (Å²) in [7, 11) is -3.65. The van der Waals surface area contributed by atoms with Crippen LogP contribution in [0.3, 0.4) is 0 Å². The lowest BCUT2D eigenvalue weighted by molar-refractivity contribution is -0.119. The second kappa shape index (κ2) is 6.39. The van der Waals surface area contributed by atoms with Gasteiger partial charge >= 0.3 is 0 Å². The van der Waals surface area contributed by atoms with Crippen LogP contribution in [-0.2, 0) is 27.0 Å². The Morgan fingerprint density at radius 1 is 1.19 bits per heavy atom. The molecule has 136 valence electrons. The smallest absolute Gasteiger partial charge is 0.236 e. The van der Waals surface area contributed by atoms with Crippen molar-refractivity contribution in [2.75, 3.05) is 16.2 Å². The first-order valence-electron chi connectivity index (χ1n) is 8.60. The van der Waals surface area contributed by atoms with Crippen molar-refractivity contribution < 1.29 is 17.6 Å². The summed E-state index contributed by atoms with van der Waals surface area (Å²) in [5, 5.41) is 0. The van der Waals surface area contributed by atoms with Crippen molar-refractivity contribution in [2.24, 2.45) is 5.92 Å². The number of fused-ring (bicyclic) bond motifs is 1. The molecule has 0 radical (unpaired) electrons. The van der Waals surface area contributed by atoms with Crippen molar-refractivity contribution in [3.63, 3.8) is 0 Å². The number of nitrogens with zero attached hydrogens (tertiary/aromatic N) is 1. The van der Waals surface area contributed by atoms with E-state index >= 15 is 0 Å². The Morgan fingerprint density at radius 3 is 2.73 bits per heavy atom. The highest BCUT2D eigenvalue weighted by Gasteiger charge is 2.36. The van der Waals surface area contributed by atoms with Crippen molar-refractivity contribution in [1.82, 2.24) is 0 Å². The number of sulfonamides is 1. The van der Waals surface area contributed by atoms with E-state index in [1.165, 1.54) is 18.2 Å². The van der Waals surface area contributed by atoms with Gasteiger partial charge in [0.05, 0.1) is 5.75 Å². The van der Waals surface area contributed by atoms with E-state index in [1.54, 1.807) is 29.2 Å². The highest BCUT2D eigenvalue weighted by molar-refractivity contribution is 7.91. The van der Waals surface area contributed by atoms with Crippen LogP contribution in [0.1, 0.15) is 24.0 Å². The highest BCUT2D eigenvalue weighted by Crippen LogP contribution is 2.37. The molecule has 1 aliphatic carbocycles. The van der Waals surface area contributed by atoms with Crippen LogP contribution in [0, 0.1) is 11.7 Å². The second-order valence-corrected chi connectivity index (χ2v) is 8.57. The number of nitrogens with one attached hydrogen (secondary N) is 1. The van der Waals surface area contributed by atoms with Gasteiger partial charge in [-0.05, 0) is 60.7 Å². The Kier molecular flexibility index (Phi) is 4.19.